The fourth-order valence-corrected chi connectivity index (χ4v) is 2.57. The van der Waals surface area contributed by atoms with Crippen LogP contribution in [0, 0.1) is 6.92 Å². The molecule has 2 aromatic rings. The maximum absolute atomic E-state index is 12.7. The fraction of sp³-hybridized carbons (Fsp3) is 0.188. The number of benzene rings is 2. The van der Waals surface area contributed by atoms with Crippen LogP contribution in [0.1, 0.15) is 21.5 Å². The largest absolute Gasteiger partial charge is 0.495 e. The van der Waals surface area contributed by atoms with E-state index in [1.165, 1.54) is 14.2 Å². The van der Waals surface area contributed by atoms with Crippen LogP contribution in [0.25, 0.3) is 0 Å². The summed E-state index contributed by atoms with van der Waals surface area (Å²) >= 11 is 12.3. The monoisotopic (exact) mass is 324 g/mol. The summed E-state index contributed by atoms with van der Waals surface area (Å²) in [6.07, 6.45) is 0. The first-order valence-corrected chi connectivity index (χ1v) is 6.97. The van der Waals surface area contributed by atoms with Gasteiger partial charge in [-0.2, -0.15) is 0 Å². The smallest absolute Gasteiger partial charge is 0.197 e. The minimum atomic E-state index is -0.198. The Balaban J connectivity index is 2.59. The van der Waals surface area contributed by atoms with E-state index >= 15 is 0 Å². The standard InChI is InChI=1S/C16H14Cl2O3/c1-9-10(5-4-6-12(9)17)15(19)11-7-8-13(20-2)14(18)16(11)21-3/h4-8H,1-3H3. The first-order valence-electron chi connectivity index (χ1n) is 6.21. The van der Waals surface area contributed by atoms with E-state index in [9.17, 15) is 4.79 Å². The van der Waals surface area contributed by atoms with Crippen LogP contribution in [0.2, 0.25) is 10.0 Å². The van der Waals surface area contributed by atoms with Crippen LogP contribution in [0.5, 0.6) is 11.5 Å². The average Bonchev–Trinajstić information content (AvgIpc) is 2.49. The summed E-state index contributed by atoms with van der Waals surface area (Å²) in [4.78, 5) is 12.7. The van der Waals surface area contributed by atoms with E-state index in [0.29, 0.717) is 27.6 Å². The molecule has 0 N–H and O–H groups in total. The van der Waals surface area contributed by atoms with Crippen molar-refractivity contribution in [3.8, 4) is 11.5 Å². The van der Waals surface area contributed by atoms with Crippen molar-refractivity contribution in [2.45, 2.75) is 6.92 Å². The average molecular weight is 325 g/mol. The highest BCUT2D eigenvalue weighted by Gasteiger charge is 2.21. The molecule has 0 atom stereocenters. The van der Waals surface area contributed by atoms with Gasteiger partial charge in [0.2, 0.25) is 0 Å². The summed E-state index contributed by atoms with van der Waals surface area (Å²) in [5, 5.41) is 0.810. The molecule has 0 fully saturated rings. The van der Waals surface area contributed by atoms with E-state index in [1.54, 1.807) is 37.3 Å². The summed E-state index contributed by atoms with van der Waals surface area (Å²) in [6.45, 7) is 1.80. The quantitative estimate of drug-likeness (QED) is 0.774. The van der Waals surface area contributed by atoms with E-state index < -0.39 is 0 Å². The molecule has 110 valence electrons. The Morgan fingerprint density at radius 1 is 1.00 bits per heavy atom. The Kier molecular flexibility index (Phi) is 4.76. The summed E-state index contributed by atoms with van der Waals surface area (Å²) in [5.41, 5.74) is 1.61. The SMILES string of the molecule is COc1ccc(C(=O)c2cccc(Cl)c2C)c(OC)c1Cl. The van der Waals surface area contributed by atoms with Gasteiger partial charge in [0.25, 0.3) is 0 Å². The molecular formula is C16H14Cl2O3. The highest BCUT2D eigenvalue weighted by molar-refractivity contribution is 6.35. The van der Waals surface area contributed by atoms with Gasteiger partial charge in [-0.3, -0.25) is 4.79 Å². The molecule has 0 unspecified atom stereocenters. The zero-order valence-electron chi connectivity index (χ0n) is 11.9. The van der Waals surface area contributed by atoms with Gasteiger partial charge in [0.05, 0.1) is 19.8 Å². The van der Waals surface area contributed by atoms with E-state index in [1.807, 2.05) is 0 Å². The zero-order chi connectivity index (χ0) is 15.6. The third kappa shape index (κ3) is 2.85. The Morgan fingerprint density at radius 3 is 2.33 bits per heavy atom. The van der Waals surface area contributed by atoms with Gasteiger partial charge in [-0.1, -0.05) is 35.3 Å². The van der Waals surface area contributed by atoms with Gasteiger partial charge in [-0.05, 0) is 30.7 Å². The van der Waals surface area contributed by atoms with Crippen LogP contribution >= 0.6 is 23.2 Å². The normalized spacial score (nSPS) is 10.3. The van der Waals surface area contributed by atoms with Crippen LogP contribution in [-0.4, -0.2) is 20.0 Å². The van der Waals surface area contributed by atoms with Gasteiger partial charge in [-0.25, -0.2) is 0 Å². The third-order valence-corrected chi connectivity index (χ3v) is 4.01. The van der Waals surface area contributed by atoms with Crippen LogP contribution in [0.4, 0.5) is 0 Å². The minimum absolute atomic E-state index is 0.198. The molecular weight excluding hydrogens is 311 g/mol. The number of carbonyl (C=O) groups is 1. The van der Waals surface area contributed by atoms with Crippen molar-refractivity contribution in [3.63, 3.8) is 0 Å². The maximum Gasteiger partial charge on any atom is 0.197 e. The van der Waals surface area contributed by atoms with E-state index in [4.69, 9.17) is 32.7 Å². The Bertz CT molecular complexity index is 696. The number of halogens is 2. The molecule has 0 amide bonds. The second-order valence-corrected chi connectivity index (χ2v) is 5.19. The van der Waals surface area contributed by atoms with Gasteiger partial charge in [0, 0.05) is 10.6 Å². The summed E-state index contributed by atoms with van der Waals surface area (Å²) in [6, 6.07) is 8.47. The van der Waals surface area contributed by atoms with Gasteiger partial charge in [0.15, 0.2) is 11.5 Å². The van der Waals surface area contributed by atoms with Crippen molar-refractivity contribution in [3.05, 3.63) is 57.1 Å². The molecule has 0 aliphatic rings. The third-order valence-electron chi connectivity index (χ3n) is 3.24. The van der Waals surface area contributed by atoms with Gasteiger partial charge >= 0.3 is 0 Å². The van der Waals surface area contributed by atoms with Gasteiger partial charge < -0.3 is 9.47 Å². The summed E-state index contributed by atoms with van der Waals surface area (Å²) in [5.74, 6) is 0.546. The second-order valence-electron chi connectivity index (χ2n) is 4.40. The van der Waals surface area contributed by atoms with Crippen molar-refractivity contribution in [2.75, 3.05) is 14.2 Å². The predicted molar refractivity (Wildman–Crippen MR) is 84.2 cm³/mol. The van der Waals surface area contributed by atoms with Crippen LogP contribution in [0.3, 0.4) is 0 Å². The van der Waals surface area contributed by atoms with Crippen molar-refractivity contribution in [1.29, 1.82) is 0 Å². The number of ketones is 1. The second kappa shape index (κ2) is 6.37. The summed E-state index contributed by atoms with van der Waals surface area (Å²) < 4.78 is 10.4. The van der Waals surface area contributed by atoms with Crippen LogP contribution in [0.15, 0.2) is 30.3 Å². The first kappa shape index (κ1) is 15.7. The van der Waals surface area contributed by atoms with Crippen LogP contribution in [-0.2, 0) is 0 Å². The number of rotatable bonds is 4. The number of hydrogen-bond acceptors (Lipinski definition) is 3. The molecule has 0 aliphatic heterocycles. The Morgan fingerprint density at radius 2 is 1.71 bits per heavy atom. The molecule has 0 bridgehead atoms. The Labute approximate surface area is 133 Å². The number of ether oxygens (including phenoxy) is 2. The zero-order valence-corrected chi connectivity index (χ0v) is 13.4. The maximum atomic E-state index is 12.7. The minimum Gasteiger partial charge on any atom is -0.495 e. The number of carbonyl (C=O) groups excluding carboxylic acids is 1. The highest BCUT2D eigenvalue weighted by Crippen LogP contribution is 2.38. The molecule has 0 radical (unpaired) electrons. The summed E-state index contributed by atoms with van der Waals surface area (Å²) in [7, 11) is 2.96. The number of hydrogen-bond donors (Lipinski definition) is 0. The van der Waals surface area contributed by atoms with Crippen molar-refractivity contribution in [2.24, 2.45) is 0 Å². The van der Waals surface area contributed by atoms with Crippen molar-refractivity contribution in [1.82, 2.24) is 0 Å². The molecule has 0 heterocycles. The molecule has 0 saturated heterocycles. The predicted octanol–water partition coefficient (Wildman–Crippen LogP) is 4.55. The molecule has 2 aromatic carbocycles. The molecule has 5 heteroatoms. The molecule has 3 nitrogen and oxygen atoms in total. The lowest BCUT2D eigenvalue weighted by molar-refractivity contribution is 0.103. The molecule has 0 aliphatic carbocycles. The first-order chi connectivity index (χ1) is 10.0. The number of methoxy groups -OCH3 is 2. The van der Waals surface area contributed by atoms with E-state index in [-0.39, 0.29) is 10.8 Å². The van der Waals surface area contributed by atoms with E-state index in [2.05, 4.69) is 0 Å². The van der Waals surface area contributed by atoms with Crippen molar-refractivity contribution < 1.29 is 14.3 Å². The lowest BCUT2D eigenvalue weighted by Gasteiger charge is -2.13. The fourth-order valence-electron chi connectivity index (χ4n) is 2.07. The molecule has 21 heavy (non-hydrogen) atoms. The lowest BCUT2D eigenvalue weighted by Crippen LogP contribution is -2.07. The topological polar surface area (TPSA) is 35.5 Å². The lowest BCUT2D eigenvalue weighted by atomic mass is 9.98. The van der Waals surface area contributed by atoms with Gasteiger partial charge in [-0.15, -0.1) is 0 Å². The molecule has 2 rings (SSSR count). The van der Waals surface area contributed by atoms with Crippen LogP contribution < -0.4 is 9.47 Å². The highest BCUT2D eigenvalue weighted by atomic mass is 35.5. The molecule has 0 aromatic heterocycles. The van der Waals surface area contributed by atoms with Gasteiger partial charge in [0.1, 0.15) is 10.8 Å². The molecule has 0 spiro atoms. The molecule has 0 saturated carbocycles. The Hall–Kier alpha value is -1.71. The van der Waals surface area contributed by atoms with Crippen molar-refractivity contribution >= 4 is 29.0 Å². The van der Waals surface area contributed by atoms with E-state index in [0.717, 1.165) is 5.56 Å².